The van der Waals surface area contributed by atoms with Gasteiger partial charge in [0.05, 0.1) is 5.41 Å². The molecule has 0 radical (unpaired) electrons. The van der Waals surface area contributed by atoms with Crippen molar-refractivity contribution >= 4 is 17.7 Å². The van der Waals surface area contributed by atoms with E-state index in [-0.39, 0.29) is 31.4 Å². The first kappa shape index (κ1) is 26.8. The van der Waals surface area contributed by atoms with Crippen LogP contribution in [0.3, 0.4) is 0 Å². The van der Waals surface area contributed by atoms with Crippen molar-refractivity contribution in [3.63, 3.8) is 0 Å². The van der Waals surface area contributed by atoms with Gasteiger partial charge in [-0.2, -0.15) is 13.2 Å². The minimum atomic E-state index is -4.75. The van der Waals surface area contributed by atoms with E-state index in [1.165, 1.54) is 5.56 Å². The molecule has 1 saturated carbocycles. The van der Waals surface area contributed by atoms with E-state index in [9.17, 15) is 27.9 Å². The third-order valence-electron chi connectivity index (χ3n) is 6.76. The van der Waals surface area contributed by atoms with Crippen LogP contribution in [0.25, 0.3) is 0 Å². The number of carboxylic acids is 1. The Morgan fingerprint density at radius 3 is 2.76 bits per heavy atom. The number of amides is 1. The normalized spacial score (nSPS) is 16.8. The number of aryl methyl sites for hydroxylation is 2. The minimum Gasteiger partial charge on any atom is -0.480 e. The summed E-state index contributed by atoms with van der Waals surface area (Å²) in [6.07, 6.45) is 1.89. The van der Waals surface area contributed by atoms with Crippen molar-refractivity contribution in [2.45, 2.75) is 69.0 Å². The molecular weight excluding hydrogens is 491 g/mol. The number of nitrogens with zero attached hydrogens (tertiary/aromatic N) is 3. The molecule has 0 saturated heterocycles. The fraction of sp³-hybridized carbons (Fsp3) is 0.560. The molecule has 12 heteroatoms. The van der Waals surface area contributed by atoms with Gasteiger partial charge in [-0.25, -0.2) is 19.7 Å². The van der Waals surface area contributed by atoms with Crippen LogP contribution in [0.5, 0.6) is 0 Å². The van der Waals surface area contributed by atoms with Crippen LogP contribution >= 0.6 is 0 Å². The highest BCUT2D eigenvalue weighted by Gasteiger charge is 2.56. The molecule has 2 aromatic heterocycles. The third kappa shape index (κ3) is 6.54. The van der Waals surface area contributed by atoms with E-state index < -0.39 is 35.2 Å². The van der Waals surface area contributed by atoms with Crippen LogP contribution in [-0.4, -0.2) is 57.7 Å². The molecule has 0 unspecified atom stereocenters. The van der Waals surface area contributed by atoms with E-state index in [4.69, 9.17) is 4.74 Å². The van der Waals surface area contributed by atoms with E-state index in [0.29, 0.717) is 6.61 Å². The zero-order valence-electron chi connectivity index (χ0n) is 20.3. The summed E-state index contributed by atoms with van der Waals surface area (Å²) < 4.78 is 45.7. The Bertz CT molecular complexity index is 1120. The van der Waals surface area contributed by atoms with Crippen LogP contribution < -0.4 is 10.6 Å². The molecular formula is C25H30F3N5O4. The number of pyridine rings is 1. The molecule has 1 fully saturated rings. The first-order valence-electron chi connectivity index (χ1n) is 12.4. The monoisotopic (exact) mass is 521 g/mol. The lowest BCUT2D eigenvalue weighted by molar-refractivity contribution is -0.144. The summed E-state index contributed by atoms with van der Waals surface area (Å²) in [5.74, 6) is -1.09. The number of carbonyl (C=O) groups excluding carboxylic acids is 1. The predicted octanol–water partition coefficient (Wildman–Crippen LogP) is 3.28. The number of rotatable bonds is 12. The van der Waals surface area contributed by atoms with Gasteiger partial charge in [0.2, 0.25) is 5.91 Å². The smallest absolute Gasteiger partial charge is 0.433 e. The Morgan fingerprint density at radius 2 is 2.03 bits per heavy atom. The van der Waals surface area contributed by atoms with E-state index in [1.807, 2.05) is 6.07 Å². The number of aliphatic carboxylic acids is 1. The van der Waals surface area contributed by atoms with Gasteiger partial charge in [-0.3, -0.25) is 4.79 Å². The molecule has 4 rings (SSSR count). The van der Waals surface area contributed by atoms with Gasteiger partial charge in [-0.1, -0.05) is 6.07 Å². The summed E-state index contributed by atoms with van der Waals surface area (Å²) >= 11 is 0. The highest BCUT2D eigenvalue weighted by molar-refractivity contribution is 5.94. The number of hydrogen-bond acceptors (Lipinski definition) is 7. The second-order valence-electron chi connectivity index (χ2n) is 9.43. The molecule has 2 aromatic rings. The van der Waals surface area contributed by atoms with E-state index in [0.717, 1.165) is 62.7 Å². The maximum atomic E-state index is 13.4. The van der Waals surface area contributed by atoms with Gasteiger partial charge in [0, 0.05) is 43.6 Å². The highest BCUT2D eigenvalue weighted by atomic mass is 19.4. The summed E-state index contributed by atoms with van der Waals surface area (Å²) in [6.45, 7) is 1.45. The average Bonchev–Trinajstić information content (AvgIpc) is 3.69. The molecule has 37 heavy (non-hydrogen) atoms. The topological polar surface area (TPSA) is 126 Å². The number of alkyl halides is 3. The van der Waals surface area contributed by atoms with Crippen molar-refractivity contribution in [2.75, 3.05) is 25.1 Å². The third-order valence-corrected chi connectivity index (χ3v) is 6.76. The number of nitrogens with one attached hydrogen (secondary N) is 2. The first-order valence-corrected chi connectivity index (χ1v) is 12.4. The number of anilines is 1. The van der Waals surface area contributed by atoms with Crippen molar-refractivity contribution < 1.29 is 32.6 Å². The van der Waals surface area contributed by atoms with Crippen LogP contribution in [0.4, 0.5) is 19.0 Å². The molecule has 0 aromatic carbocycles. The fourth-order valence-electron chi connectivity index (χ4n) is 4.52. The van der Waals surface area contributed by atoms with Crippen molar-refractivity contribution in [3.8, 4) is 0 Å². The molecule has 0 bridgehead atoms. The number of aromatic nitrogens is 3. The number of halogens is 3. The Labute approximate surface area is 212 Å². The minimum absolute atomic E-state index is 0.00732. The molecule has 200 valence electrons. The molecule has 1 aliphatic carbocycles. The van der Waals surface area contributed by atoms with Crippen molar-refractivity contribution in [1.29, 1.82) is 0 Å². The van der Waals surface area contributed by atoms with Crippen LogP contribution in [0.2, 0.25) is 0 Å². The SMILES string of the molecule is O=C(O)[C@H](CCOCCCCc1ccc2c(n1)NCCC2)NC(=O)C1(c2cncnc2C(F)(F)F)CC1. The standard InChI is InChI=1S/C25H30F3N5O4/c26-25(27,28)20-18(14-29-15-31-20)24(9-10-24)23(36)33-19(22(34)35)8-13-37-12-2-1-5-17-7-6-16-4-3-11-30-21(16)32-17/h6-7,14-15,19H,1-5,8-13H2,(H,30,32)(H,33,36)(H,34,35)/t19-/m0/s1. The second-order valence-corrected chi connectivity index (χ2v) is 9.43. The van der Waals surface area contributed by atoms with Crippen LogP contribution in [0.1, 0.15) is 61.0 Å². The quantitative estimate of drug-likeness (QED) is 0.364. The molecule has 9 nitrogen and oxygen atoms in total. The van der Waals surface area contributed by atoms with Gasteiger partial charge in [-0.05, 0) is 56.6 Å². The number of unbranched alkanes of at least 4 members (excludes halogenated alkanes) is 1. The van der Waals surface area contributed by atoms with Gasteiger partial charge in [-0.15, -0.1) is 0 Å². The van der Waals surface area contributed by atoms with Gasteiger partial charge in [0.15, 0.2) is 5.69 Å². The maximum absolute atomic E-state index is 13.4. The van der Waals surface area contributed by atoms with Crippen molar-refractivity contribution in [2.24, 2.45) is 0 Å². The molecule has 1 aliphatic heterocycles. The zero-order valence-corrected chi connectivity index (χ0v) is 20.3. The second kappa shape index (κ2) is 11.4. The lowest BCUT2D eigenvalue weighted by atomic mass is 9.94. The number of hydrogen-bond donors (Lipinski definition) is 3. The molecule has 0 spiro atoms. The zero-order chi connectivity index (χ0) is 26.5. The lowest BCUT2D eigenvalue weighted by Gasteiger charge is -2.22. The highest BCUT2D eigenvalue weighted by Crippen LogP contribution is 2.51. The number of fused-ring (bicyclic) bond motifs is 1. The molecule has 3 N–H and O–H groups in total. The Kier molecular flexibility index (Phi) is 8.25. The number of carbonyl (C=O) groups is 2. The predicted molar refractivity (Wildman–Crippen MR) is 127 cm³/mol. The van der Waals surface area contributed by atoms with Crippen LogP contribution in [0, 0.1) is 0 Å². The first-order chi connectivity index (χ1) is 17.7. The number of ether oxygens (including phenoxy) is 1. The molecule has 2 aliphatic rings. The Balaban J connectivity index is 1.21. The van der Waals surface area contributed by atoms with Crippen molar-refractivity contribution in [1.82, 2.24) is 20.3 Å². The van der Waals surface area contributed by atoms with Crippen LogP contribution in [-0.2, 0) is 38.8 Å². The fourth-order valence-corrected chi connectivity index (χ4v) is 4.52. The Morgan fingerprint density at radius 1 is 1.22 bits per heavy atom. The summed E-state index contributed by atoms with van der Waals surface area (Å²) in [6, 6.07) is 2.87. The van der Waals surface area contributed by atoms with Crippen LogP contribution in [0.15, 0.2) is 24.7 Å². The maximum Gasteiger partial charge on any atom is 0.433 e. The van der Waals surface area contributed by atoms with Gasteiger partial charge in [0.25, 0.3) is 0 Å². The van der Waals surface area contributed by atoms with E-state index in [1.54, 1.807) is 0 Å². The van der Waals surface area contributed by atoms with Gasteiger partial charge >= 0.3 is 12.1 Å². The Hall–Kier alpha value is -3.28. The van der Waals surface area contributed by atoms with E-state index >= 15 is 0 Å². The largest absolute Gasteiger partial charge is 0.480 e. The van der Waals surface area contributed by atoms with E-state index in [2.05, 4.69) is 31.7 Å². The summed E-state index contributed by atoms with van der Waals surface area (Å²) in [5, 5.41) is 15.2. The van der Waals surface area contributed by atoms with Crippen molar-refractivity contribution in [3.05, 3.63) is 47.2 Å². The molecule has 3 heterocycles. The number of carboxylic acid groups (broad SMARTS) is 1. The summed E-state index contributed by atoms with van der Waals surface area (Å²) in [4.78, 5) is 36.2. The average molecular weight is 522 g/mol. The summed E-state index contributed by atoms with van der Waals surface area (Å²) in [7, 11) is 0. The van der Waals surface area contributed by atoms with Gasteiger partial charge in [0.1, 0.15) is 18.2 Å². The molecule has 1 amide bonds. The lowest BCUT2D eigenvalue weighted by Crippen LogP contribution is -2.46. The summed E-state index contributed by atoms with van der Waals surface area (Å²) in [5.41, 5.74) is -0.727. The molecule has 1 atom stereocenters. The van der Waals surface area contributed by atoms with Gasteiger partial charge < -0.3 is 20.5 Å².